The van der Waals surface area contributed by atoms with Crippen LogP contribution in [0.2, 0.25) is 0 Å². The zero-order valence-electron chi connectivity index (χ0n) is 13.9. The fourth-order valence-electron chi connectivity index (χ4n) is 4.38. The molecule has 21 heavy (non-hydrogen) atoms. The number of piperazine rings is 1. The molecule has 3 aliphatic heterocycles. The molecule has 3 fully saturated rings. The van der Waals surface area contributed by atoms with Gasteiger partial charge in [-0.25, -0.2) is 0 Å². The molecule has 0 radical (unpaired) electrons. The van der Waals surface area contributed by atoms with E-state index in [0.29, 0.717) is 18.0 Å². The molecule has 3 heterocycles. The Hall–Kier alpha value is -0.160. The molecule has 3 rings (SSSR count). The van der Waals surface area contributed by atoms with Crippen LogP contribution in [0.5, 0.6) is 0 Å². The lowest BCUT2D eigenvalue weighted by molar-refractivity contribution is -0.00973. The quantitative estimate of drug-likeness (QED) is 0.833. The van der Waals surface area contributed by atoms with Gasteiger partial charge in [-0.2, -0.15) is 0 Å². The molecule has 122 valence electrons. The predicted molar refractivity (Wildman–Crippen MR) is 86.6 cm³/mol. The number of nitrogens with zero attached hydrogens (tertiary/aromatic N) is 2. The van der Waals surface area contributed by atoms with E-state index in [1.165, 1.54) is 51.9 Å². The second-order valence-electron chi connectivity index (χ2n) is 7.28. The van der Waals surface area contributed by atoms with Crippen LogP contribution in [0.1, 0.15) is 39.5 Å². The molecule has 4 atom stereocenters. The summed E-state index contributed by atoms with van der Waals surface area (Å²) in [5.74, 6) is 0.667. The van der Waals surface area contributed by atoms with Crippen molar-refractivity contribution in [3.8, 4) is 0 Å². The molecule has 0 aromatic rings. The van der Waals surface area contributed by atoms with Crippen LogP contribution in [-0.4, -0.2) is 73.9 Å². The minimum Gasteiger partial charge on any atom is -0.381 e. The van der Waals surface area contributed by atoms with Gasteiger partial charge in [-0.3, -0.25) is 9.80 Å². The molecule has 4 unspecified atom stereocenters. The summed E-state index contributed by atoms with van der Waals surface area (Å²) in [5, 5.41) is 3.76. The van der Waals surface area contributed by atoms with Gasteiger partial charge in [0.05, 0.1) is 6.61 Å². The highest BCUT2D eigenvalue weighted by Gasteiger charge is 2.36. The van der Waals surface area contributed by atoms with Crippen LogP contribution in [0, 0.1) is 5.92 Å². The molecule has 0 aliphatic carbocycles. The molecule has 0 bridgehead atoms. The third-order valence-corrected chi connectivity index (χ3v) is 5.67. The molecule has 4 heteroatoms. The zero-order chi connectivity index (χ0) is 14.7. The van der Waals surface area contributed by atoms with E-state index in [1.807, 2.05) is 0 Å². The van der Waals surface area contributed by atoms with Crippen molar-refractivity contribution in [3.05, 3.63) is 0 Å². The van der Waals surface area contributed by atoms with Crippen LogP contribution < -0.4 is 5.32 Å². The Morgan fingerprint density at radius 2 is 2.14 bits per heavy atom. The number of nitrogens with one attached hydrogen (secondary N) is 1. The van der Waals surface area contributed by atoms with Crippen molar-refractivity contribution < 1.29 is 4.74 Å². The van der Waals surface area contributed by atoms with Gasteiger partial charge in [-0.15, -0.1) is 0 Å². The van der Waals surface area contributed by atoms with E-state index in [4.69, 9.17) is 4.74 Å². The largest absolute Gasteiger partial charge is 0.381 e. The first-order valence-corrected chi connectivity index (χ1v) is 9.07. The first-order chi connectivity index (χ1) is 10.3. The summed E-state index contributed by atoms with van der Waals surface area (Å²) >= 11 is 0. The smallest absolute Gasteiger partial charge is 0.0521 e. The van der Waals surface area contributed by atoms with Gasteiger partial charge in [0, 0.05) is 50.3 Å². The Kier molecular flexibility index (Phi) is 5.54. The highest BCUT2D eigenvalue weighted by Crippen LogP contribution is 2.26. The fourth-order valence-corrected chi connectivity index (χ4v) is 4.38. The highest BCUT2D eigenvalue weighted by molar-refractivity contribution is 4.92. The molecule has 0 saturated carbocycles. The molecule has 0 spiro atoms. The van der Waals surface area contributed by atoms with Gasteiger partial charge < -0.3 is 10.1 Å². The summed E-state index contributed by atoms with van der Waals surface area (Å²) in [6.45, 7) is 12.8. The van der Waals surface area contributed by atoms with Gasteiger partial charge in [0.1, 0.15) is 0 Å². The maximum atomic E-state index is 5.78. The summed E-state index contributed by atoms with van der Waals surface area (Å²) in [5.41, 5.74) is 0. The summed E-state index contributed by atoms with van der Waals surface area (Å²) in [7, 11) is 0. The predicted octanol–water partition coefficient (Wildman–Crippen LogP) is 1.56. The second-order valence-corrected chi connectivity index (χ2v) is 7.28. The molecule has 3 saturated heterocycles. The Morgan fingerprint density at radius 1 is 1.24 bits per heavy atom. The standard InChI is InChI=1S/C17H33N3O/c1-3-7-18-17-6-9-21-13-15(17)11-20-12-16-5-4-8-19(16)10-14(20)2/h14-18H,3-13H2,1-2H3. The summed E-state index contributed by atoms with van der Waals surface area (Å²) in [6.07, 6.45) is 5.21. The molecule has 3 aliphatic rings. The normalized spacial score (nSPS) is 38.6. The lowest BCUT2D eigenvalue weighted by Crippen LogP contribution is -2.58. The average Bonchev–Trinajstić information content (AvgIpc) is 2.94. The van der Waals surface area contributed by atoms with Gasteiger partial charge in [0.15, 0.2) is 0 Å². The molecular weight excluding hydrogens is 262 g/mol. The van der Waals surface area contributed by atoms with Crippen LogP contribution in [0.3, 0.4) is 0 Å². The first kappa shape index (κ1) is 15.7. The number of hydrogen-bond acceptors (Lipinski definition) is 4. The number of fused-ring (bicyclic) bond motifs is 1. The average molecular weight is 295 g/mol. The van der Waals surface area contributed by atoms with Crippen molar-refractivity contribution in [1.29, 1.82) is 0 Å². The number of ether oxygens (including phenoxy) is 1. The van der Waals surface area contributed by atoms with Crippen molar-refractivity contribution in [1.82, 2.24) is 15.1 Å². The monoisotopic (exact) mass is 295 g/mol. The van der Waals surface area contributed by atoms with Crippen LogP contribution in [-0.2, 0) is 4.74 Å². The third-order valence-electron chi connectivity index (χ3n) is 5.67. The third kappa shape index (κ3) is 3.79. The molecular formula is C17H33N3O. The minimum atomic E-state index is 0.660. The lowest BCUT2D eigenvalue weighted by Gasteiger charge is -2.45. The first-order valence-electron chi connectivity index (χ1n) is 9.07. The summed E-state index contributed by atoms with van der Waals surface area (Å²) < 4.78 is 5.78. The SMILES string of the molecule is CCCNC1CCOCC1CN1CC2CCCN2CC1C. The van der Waals surface area contributed by atoms with Gasteiger partial charge in [0.25, 0.3) is 0 Å². The van der Waals surface area contributed by atoms with Gasteiger partial charge in [0.2, 0.25) is 0 Å². The zero-order valence-corrected chi connectivity index (χ0v) is 13.9. The Balaban J connectivity index is 1.55. The Morgan fingerprint density at radius 3 is 3.00 bits per heavy atom. The van der Waals surface area contributed by atoms with E-state index in [-0.39, 0.29) is 0 Å². The maximum absolute atomic E-state index is 5.78. The van der Waals surface area contributed by atoms with Crippen molar-refractivity contribution >= 4 is 0 Å². The molecule has 0 aromatic heterocycles. The summed E-state index contributed by atoms with van der Waals surface area (Å²) in [6, 6.07) is 2.19. The van der Waals surface area contributed by atoms with Gasteiger partial charge in [-0.1, -0.05) is 6.92 Å². The van der Waals surface area contributed by atoms with Crippen molar-refractivity contribution in [2.24, 2.45) is 5.92 Å². The van der Waals surface area contributed by atoms with E-state index in [0.717, 1.165) is 25.8 Å². The molecule has 0 amide bonds. The van der Waals surface area contributed by atoms with Crippen molar-refractivity contribution in [3.63, 3.8) is 0 Å². The Bertz CT molecular complexity index is 325. The molecule has 4 nitrogen and oxygen atoms in total. The van der Waals surface area contributed by atoms with Gasteiger partial charge in [-0.05, 0) is 45.7 Å². The van der Waals surface area contributed by atoms with Crippen LogP contribution >= 0.6 is 0 Å². The maximum Gasteiger partial charge on any atom is 0.0521 e. The lowest BCUT2D eigenvalue weighted by atomic mass is 9.93. The molecule has 1 N–H and O–H groups in total. The van der Waals surface area contributed by atoms with Crippen LogP contribution in [0.25, 0.3) is 0 Å². The minimum absolute atomic E-state index is 0.660. The van der Waals surface area contributed by atoms with E-state index in [2.05, 4.69) is 29.0 Å². The van der Waals surface area contributed by atoms with Crippen molar-refractivity contribution in [2.75, 3.05) is 45.9 Å². The van der Waals surface area contributed by atoms with E-state index < -0.39 is 0 Å². The van der Waals surface area contributed by atoms with Crippen LogP contribution in [0.15, 0.2) is 0 Å². The number of rotatable bonds is 5. The fraction of sp³-hybridized carbons (Fsp3) is 1.00. The summed E-state index contributed by atoms with van der Waals surface area (Å²) in [4.78, 5) is 5.46. The van der Waals surface area contributed by atoms with E-state index in [1.54, 1.807) is 0 Å². The highest BCUT2D eigenvalue weighted by atomic mass is 16.5. The van der Waals surface area contributed by atoms with E-state index in [9.17, 15) is 0 Å². The van der Waals surface area contributed by atoms with E-state index >= 15 is 0 Å². The molecule has 0 aromatic carbocycles. The Labute approximate surface area is 130 Å². The van der Waals surface area contributed by atoms with Gasteiger partial charge >= 0.3 is 0 Å². The van der Waals surface area contributed by atoms with Crippen LogP contribution in [0.4, 0.5) is 0 Å². The second kappa shape index (κ2) is 7.40. The topological polar surface area (TPSA) is 27.7 Å². The van der Waals surface area contributed by atoms with Crippen molar-refractivity contribution in [2.45, 2.75) is 57.7 Å². The number of hydrogen-bond donors (Lipinski definition) is 1.